The molecule has 4 nitrogen and oxygen atoms in total. The first-order valence-electron chi connectivity index (χ1n) is 10.6. The van der Waals surface area contributed by atoms with E-state index in [-0.39, 0.29) is 17.1 Å². The van der Waals surface area contributed by atoms with Gasteiger partial charge < -0.3 is 9.30 Å². The Kier molecular flexibility index (Phi) is 4.35. The van der Waals surface area contributed by atoms with Gasteiger partial charge >= 0.3 is 0 Å². The summed E-state index contributed by atoms with van der Waals surface area (Å²) in [4.78, 5) is 27.0. The summed E-state index contributed by atoms with van der Waals surface area (Å²) in [5, 5.41) is 1.93. The van der Waals surface area contributed by atoms with E-state index >= 15 is 0 Å². The number of benzene rings is 3. The van der Waals surface area contributed by atoms with E-state index in [0.717, 1.165) is 42.9 Å². The Labute approximate surface area is 194 Å². The molecule has 0 bridgehead atoms. The fourth-order valence-corrected chi connectivity index (χ4v) is 5.60. The number of hydrogen-bond acceptors (Lipinski definition) is 4. The van der Waals surface area contributed by atoms with E-state index in [9.17, 15) is 9.59 Å². The molecule has 2 aromatic heterocycles. The Morgan fingerprint density at radius 1 is 0.848 bits per heavy atom. The van der Waals surface area contributed by atoms with Gasteiger partial charge in [0.2, 0.25) is 0 Å². The lowest BCUT2D eigenvalue weighted by atomic mass is 10.0. The molecular weight excluding hydrogens is 430 g/mol. The lowest BCUT2D eigenvalue weighted by molar-refractivity contribution is 0.0990. The highest BCUT2D eigenvalue weighted by molar-refractivity contribution is 7.19. The molecule has 5 aromatic rings. The average molecular weight is 450 g/mol. The standard InChI is InChI=1S/C28H19NO3S/c1-29-24(16-7-9-19(32-2)10-8-16)15-26-25(29)14-20(33-26)13-23-27(30)21-11-17-5-3-4-6-18(17)12-22(21)28(23)31/h3-15H,1-2H3. The monoisotopic (exact) mass is 449 g/mol. The second kappa shape index (κ2) is 7.29. The fourth-order valence-electron chi connectivity index (χ4n) is 4.52. The Hall–Kier alpha value is -3.96. The molecular formula is C28H19NO3S. The largest absolute Gasteiger partial charge is 0.497 e. The van der Waals surface area contributed by atoms with Crippen LogP contribution in [0.3, 0.4) is 0 Å². The number of thiophene rings is 1. The van der Waals surface area contributed by atoms with Crippen LogP contribution in [-0.4, -0.2) is 23.2 Å². The van der Waals surface area contributed by atoms with Crippen molar-refractivity contribution in [1.29, 1.82) is 0 Å². The van der Waals surface area contributed by atoms with Gasteiger partial charge in [-0.3, -0.25) is 9.59 Å². The van der Waals surface area contributed by atoms with Crippen LogP contribution in [0, 0.1) is 0 Å². The van der Waals surface area contributed by atoms with Gasteiger partial charge in [0.15, 0.2) is 11.6 Å². The number of nitrogens with zero attached hydrogens (tertiary/aromatic N) is 1. The Bertz CT molecular complexity index is 1580. The molecule has 0 radical (unpaired) electrons. The van der Waals surface area contributed by atoms with Crippen molar-refractivity contribution in [3.8, 4) is 17.0 Å². The van der Waals surface area contributed by atoms with Crippen LogP contribution < -0.4 is 4.74 Å². The molecule has 0 saturated heterocycles. The van der Waals surface area contributed by atoms with Crippen LogP contribution in [0.25, 0.3) is 38.3 Å². The van der Waals surface area contributed by atoms with E-state index in [0.29, 0.717) is 11.1 Å². The summed E-state index contributed by atoms with van der Waals surface area (Å²) in [6.45, 7) is 0. The van der Waals surface area contributed by atoms with Crippen molar-refractivity contribution in [2.75, 3.05) is 7.11 Å². The zero-order valence-corrected chi connectivity index (χ0v) is 18.9. The Morgan fingerprint density at radius 3 is 2.06 bits per heavy atom. The highest BCUT2D eigenvalue weighted by Gasteiger charge is 2.33. The molecule has 160 valence electrons. The quantitative estimate of drug-likeness (QED) is 0.232. The maximum absolute atomic E-state index is 13.1. The van der Waals surface area contributed by atoms with Crippen molar-refractivity contribution in [3.63, 3.8) is 0 Å². The number of ether oxygens (including phenoxy) is 1. The van der Waals surface area contributed by atoms with Crippen LogP contribution in [0.5, 0.6) is 5.75 Å². The summed E-state index contributed by atoms with van der Waals surface area (Å²) < 4.78 is 8.50. The molecule has 5 heteroatoms. The van der Waals surface area contributed by atoms with Gasteiger partial charge in [0, 0.05) is 28.7 Å². The molecule has 6 rings (SSSR count). The van der Waals surface area contributed by atoms with Crippen LogP contribution >= 0.6 is 11.3 Å². The molecule has 33 heavy (non-hydrogen) atoms. The first-order valence-corrected chi connectivity index (χ1v) is 11.4. The Balaban J connectivity index is 1.38. The minimum Gasteiger partial charge on any atom is -0.497 e. The first kappa shape index (κ1) is 19.7. The number of fused-ring (bicyclic) bond motifs is 3. The van der Waals surface area contributed by atoms with Crippen molar-refractivity contribution < 1.29 is 14.3 Å². The van der Waals surface area contributed by atoms with E-state index in [4.69, 9.17) is 4.74 Å². The summed E-state index contributed by atoms with van der Waals surface area (Å²) in [6, 6.07) is 23.6. The number of ketones is 2. The van der Waals surface area contributed by atoms with Crippen molar-refractivity contribution >= 4 is 50.0 Å². The van der Waals surface area contributed by atoms with Crippen LogP contribution in [-0.2, 0) is 7.05 Å². The topological polar surface area (TPSA) is 48.3 Å². The average Bonchev–Trinajstić information content (AvgIpc) is 3.45. The van der Waals surface area contributed by atoms with Gasteiger partial charge in [-0.1, -0.05) is 24.3 Å². The summed E-state index contributed by atoms with van der Waals surface area (Å²) in [5.74, 6) is 0.428. The zero-order valence-electron chi connectivity index (χ0n) is 18.1. The van der Waals surface area contributed by atoms with Crippen molar-refractivity contribution in [2.24, 2.45) is 7.05 Å². The molecule has 0 atom stereocenters. The molecule has 0 unspecified atom stereocenters. The lowest BCUT2D eigenvalue weighted by Crippen LogP contribution is -1.99. The van der Waals surface area contributed by atoms with Crippen LogP contribution in [0.4, 0.5) is 0 Å². The fraction of sp³-hybridized carbons (Fsp3) is 0.0714. The smallest absolute Gasteiger partial charge is 0.197 e. The lowest BCUT2D eigenvalue weighted by Gasteiger charge is -2.05. The van der Waals surface area contributed by atoms with Crippen molar-refractivity contribution in [3.05, 3.63) is 94.4 Å². The number of aryl methyl sites for hydroxylation is 1. The Morgan fingerprint density at radius 2 is 1.48 bits per heavy atom. The van der Waals surface area contributed by atoms with E-state index < -0.39 is 0 Å². The molecule has 0 amide bonds. The third-order valence-corrected chi connectivity index (χ3v) is 7.30. The number of Topliss-reactive ketones (excluding diaryl/α,β-unsaturated/α-hetero) is 2. The maximum Gasteiger partial charge on any atom is 0.197 e. The van der Waals surface area contributed by atoms with E-state index in [1.54, 1.807) is 24.5 Å². The minimum atomic E-state index is -0.197. The molecule has 1 aliphatic carbocycles. The minimum absolute atomic E-state index is 0.197. The third-order valence-electron chi connectivity index (χ3n) is 6.29. The molecule has 0 aliphatic heterocycles. The molecule has 0 N–H and O–H groups in total. The summed E-state index contributed by atoms with van der Waals surface area (Å²) in [6.07, 6.45) is 1.74. The highest BCUT2D eigenvalue weighted by Crippen LogP contribution is 2.37. The third kappa shape index (κ3) is 3.04. The number of allylic oxidation sites excluding steroid dienone is 1. The van der Waals surface area contributed by atoms with Gasteiger partial charge in [0.25, 0.3) is 0 Å². The SMILES string of the molecule is COc1ccc(-c2cc3sc(C=C4C(=O)c5cc6ccccc6cc5C4=O)cc3n2C)cc1. The second-order valence-electron chi connectivity index (χ2n) is 8.18. The number of methoxy groups -OCH3 is 1. The van der Waals surface area contributed by atoms with Gasteiger partial charge in [-0.05, 0) is 70.9 Å². The zero-order chi connectivity index (χ0) is 22.7. The molecule has 0 spiro atoms. The van der Waals surface area contributed by atoms with Crippen molar-refractivity contribution in [1.82, 2.24) is 4.57 Å². The number of carbonyl (C=O) groups is 2. The first-order chi connectivity index (χ1) is 16.0. The summed E-state index contributed by atoms with van der Waals surface area (Å²) in [5.41, 5.74) is 4.50. The summed E-state index contributed by atoms with van der Waals surface area (Å²) >= 11 is 1.58. The predicted octanol–water partition coefficient (Wildman–Crippen LogP) is 6.53. The highest BCUT2D eigenvalue weighted by atomic mass is 32.1. The molecule has 2 heterocycles. The molecule has 0 saturated carbocycles. The van der Waals surface area contributed by atoms with Crippen molar-refractivity contribution in [2.45, 2.75) is 0 Å². The van der Waals surface area contributed by atoms with Gasteiger partial charge in [-0.2, -0.15) is 0 Å². The van der Waals surface area contributed by atoms with Crippen LogP contribution in [0.15, 0.2) is 78.4 Å². The normalized spacial score (nSPS) is 13.2. The molecule has 0 fully saturated rings. The van der Waals surface area contributed by atoms with Gasteiger partial charge in [-0.15, -0.1) is 11.3 Å². The number of rotatable bonds is 3. The van der Waals surface area contributed by atoms with Gasteiger partial charge in [0.05, 0.1) is 22.9 Å². The second-order valence-corrected chi connectivity index (χ2v) is 9.29. The number of hydrogen-bond donors (Lipinski definition) is 0. The number of carbonyl (C=O) groups excluding carboxylic acids is 2. The van der Waals surface area contributed by atoms with Crippen LogP contribution in [0.1, 0.15) is 25.6 Å². The number of aromatic nitrogens is 1. The molecule has 3 aromatic carbocycles. The van der Waals surface area contributed by atoms with E-state index in [2.05, 4.69) is 10.6 Å². The van der Waals surface area contributed by atoms with E-state index in [1.807, 2.05) is 73.8 Å². The van der Waals surface area contributed by atoms with Gasteiger partial charge in [-0.25, -0.2) is 0 Å². The predicted molar refractivity (Wildman–Crippen MR) is 133 cm³/mol. The van der Waals surface area contributed by atoms with E-state index in [1.165, 1.54) is 0 Å². The van der Waals surface area contributed by atoms with Crippen LogP contribution in [0.2, 0.25) is 0 Å². The maximum atomic E-state index is 13.1. The summed E-state index contributed by atoms with van der Waals surface area (Å²) in [7, 11) is 3.68. The van der Waals surface area contributed by atoms with Gasteiger partial charge in [0.1, 0.15) is 5.75 Å². The molecule has 1 aliphatic rings.